The number of benzene rings is 2. The third-order valence-electron chi connectivity index (χ3n) is 4.95. The minimum atomic E-state index is -3.30. The second kappa shape index (κ2) is 7.76. The summed E-state index contributed by atoms with van der Waals surface area (Å²) >= 11 is 0. The summed E-state index contributed by atoms with van der Waals surface area (Å²) in [4.78, 5) is 14.5. The Morgan fingerprint density at radius 2 is 1.70 bits per heavy atom. The van der Waals surface area contributed by atoms with Crippen LogP contribution in [-0.4, -0.2) is 38.6 Å². The van der Waals surface area contributed by atoms with Gasteiger partial charge in [-0.3, -0.25) is 4.79 Å². The van der Waals surface area contributed by atoms with Gasteiger partial charge in [-0.1, -0.05) is 0 Å². The number of hydrogen-bond acceptors (Lipinski definition) is 3. The number of amides is 1. The first-order valence-corrected chi connectivity index (χ1v) is 10.7. The number of carbonyl (C=O) groups is 1. The zero-order valence-electron chi connectivity index (χ0n) is 15.0. The second-order valence-electron chi connectivity index (χ2n) is 6.97. The lowest BCUT2D eigenvalue weighted by Gasteiger charge is -2.32. The van der Waals surface area contributed by atoms with E-state index in [9.17, 15) is 22.0 Å². The molecule has 1 amide bonds. The molecule has 3 rings (SSSR count). The molecule has 0 aromatic heterocycles. The van der Waals surface area contributed by atoms with E-state index < -0.39 is 21.5 Å². The maximum atomic E-state index is 13.8. The summed E-state index contributed by atoms with van der Waals surface area (Å²) in [5, 5.41) is 0. The number of rotatable bonds is 4. The molecule has 0 saturated carbocycles. The Morgan fingerprint density at radius 3 is 2.30 bits per heavy atom. The van der Waals surface area contributed by atoms with Crippen LogP contribution in [0.5, 0.6) is 0 Å². The van der Waals surface area contributed by atoms with E-state index in [1.165, 1.54) is 30.3 Å². The largest absolute Gasteiger partial charge is 0.339 e. The van der Waals surface area contributed by atoms with Crippen LogP contribution >= 0.6 is 0 Å². The van der Waals surface area contributed by atoms with E-state index in [-0.39, 0.29) is 16.7 Å². The van der Waals surface area contributed by atoms with Crippen LogP contribution in [0.2, 0.25) is 0 Å². The Kier molecular flexibility index (Phi) is 5.60. The molecule has 1 aliphatic heterocycles. The predicted molar refractivity (Wildman–Crippen MR) is 98.2 cm³/mol. The molecule has 2 aromatic carbocycles. The highest BCUT2D eigenvalue weighted by Gasteiger charge is 2.24. The first kappa shape index (κ1) is 19.5. The molecule has 1 saturated heterocycles. The number of carbonyl (C=O) groups excluding carboxylic acids is 1. The quantitative estimate of drug-likeness (QED) is 0.799. The molecule has 1 heterocycles. The standard InChI is InChI=1S/C20H21F2NO3S/c1-27(25,26)18-5-2-15(3-6-18)20(24)23-10-8-14(9-11-23)12-16-13-17(21)4-7-19(16)22/h2-7,13-14H,8-12H2,1H3. The maximum absolute atomic E-state index is 13.8. The van der Waals surface area contributed by atoms with Crippen molar-refractivity contribution in [1.82, 2.24) is 4.90 Å². The molecule has 0 unspecified atom stereocenters. The van der Waals surface area contributed by atoms with E-state index in [2.05, 4.69) is 0 Å². The molecular weight excluding hydrogens is 372 g/mol. The van der Waals surface area contributed by atoms with E-state index in [4.69, 9.17) is 0 Å². The number of nitrogens with zero attached hydrogens (tertiary/aromatic N) is 1. The minimum Gasteiger partial charge on any atom is -0.339 e. The first-order chi connectivity index (χ1) is 12.7. The highest BCUT2D eigenvalue weighted by atomic mass is 32.2. The predicted octanol–water partition coefficient (Wildman–Crippen LogP) is 3.46. The summed E-state index contributed by atoms with van der Waals surface area (Å²) in [5.74, 6) is -0.805. The van der Waals surface area contributed by atoms with Crippen molar-refractivity contribution >= 4 is 15.7 Å². The zero-order chi connectivity index (χ0) is 19.6. The third-order valence-corrected chi connectivity index (χ3v) is 6.08. The van der Waals surface area contributed by atoms with Gasteiger partial charge in [-0.25, -0.2) is 17.2 Å². The Bertz CT molecular complexity index is 934. The zero-order valence-corrected chi connectivity index (χ0v) is 15.8. The van der Waals surface area contributed by atoms with Gasteiger partial charge in [0.2, 0.25) is 0 Å². The molecule has 0 bridgehead atoms. The monoisotopic (exact) mass is 393 g/mol. The number of halogens is 2. The normalized spacial score (nSPS) is 15.7. The Morgan fingerprint density at radius 1 is 1.07 bits per heavy atom. The van der Waals surface area contributed by atoms with Crippen LogP contribution in [0.3, 0.4) is 0 Å². The summed E-state index contributed by atoms with van der Waals surface area (Å²) in [6.07, 6.45) is 3.00. The van der Waals surface area contributed by atoms with Crippen molar-refractivity contribution in [3.8, 4) is 0 Å². The fourth-order valence-corrected chi connectivity index (χ4v) is 4.01. The van der Waals surface area contributed by atoms with Crippen molar-refractivity contribution in [3.05, 3.63) is 65.2 Å². The lowest BCUT2D eigenvalue weighted by Crippen LogP contribution is -2.39. The molecule has 7 heteroatoms. The molecule has 0 N–H and O–H groups in total. The summed E-state index contributed by atoms with van der Waals surface area (Å²) in [6, 6.07) is 9.39. The average Bonchev–Trinajstić information content (AvgIpc) is 2.64. The number of piperidine rings is 1. The fourth-order valence-electron chi connectivity index (χ4n) is 3.38. The Labute approximate surface area is 157 Å². The summed E-state index contributed by atoms with van der Waals surface area (Å²) in [7, 11) is -3.30. The van der Waals surface area contributed by atoms with Crippen LogP contribution in [0.25, 0.3) is 0 Å². The van der Waals surface area contributed by atoms with Gasteiger partial charge in [0, 0.05) is 24.9 Å². The molecule has 2 aromatic rings. The highest BCUT2D eigenvalue weighted by molar-refractivity contribution is 7.90. The Balaban J connectivity index is 1.60. The van der Waals surface area contributed by atoms with Crippen LogP contribution in [0.1, 0.15) is 28.8 Å². The fraction of sp³-hybridized carbons (Fsp3) is 0.350. The number of hydrogen-bond donors (Lipinski definition) is 0. The molecule has 0 spiro atoms. The average molecular weight is 393 g/mol. The van der Waals surface area contributed by atoms with Crippen molar-refractivity contribution in [1.29, 1.82) is 0 Å². The Hall–Kier alpha value is -2.28. The van der Waals surface area contributed by atoms with Crippen LogP contribution in [-0.2, 0) is 16.3 Å². The van der Waals surface area contributed by atoms with Crippen LogP contribution in [0.15, 0.2) is 47.4 Å². The van der Waals surface area contributed by atoms with E-state index in [1.54, 1.807) is 4.90 Å². The highest BCUT2D eigenvalue weighted by Crippen LogP contribution is 2.24. The first-order valence-electron chi connectivity index (χ1n) is 8.77. The topological polar surface area (TPSA) is 54.5 Å². The van der Waals surface area contributed by atoms with Crippen molar-refractivity contribution in [2.75, 3.05) is 19.3 Å². The smallest absolute Gasteiger partial charge is 0.253 e. The number of sulfone groups is 1. The van der Waals surface area contributed by atoms with Crippen molar-refractivity contribution in [2.45, 2.75) is 24.2 Å². The van der Waals surface area contributed by atoms with Gasteiger partial charge in [0.1, 0.15) is 11.6 Å². The van der Waals surface area contributed by atoms with Gasteiger partial charge in [-0.15, -0.1) is 0 Å². The minimum absolute atomic E-state index is 0.148. The maximum Gasteiger partial charge on any atom is 0.253 e. The number of likely N-dealkylation sites (tertiary alicyclic amines) is 1. The molecule has 0 atom stereocenters. The molecule has 27 heavy (non-hydrogen) atoms. The van der Waals surface area contributed by atoms with Crippen molar-refractivity contribution in [2.24, 2.45) is 5.92 Å². The molecule has 1 fully saturated rings. The van der Waals surface area contributed by atoms with Gasteiger partial charge in [0.05, 0.1) is 4.90 Å². The van der Waals surface area contributed by atoms with Crippen LogP contribution in [0.4, 0.5) is 8.78 Å². The summed E-state index contributed by atoms with van der Waals surface area (Å²) < 4.78 is 50.1. The van der Waals surface area contributed by atoms with E-state index in [0.717, 1.165) is 18.4 Å². The third kappa shape index (κ3) is 4.71. The van der Waals surface area contributed by atoms with Gasteiger partial charge >= 0.3 is 0 Å². The van der Waals surface area contributed by atoms with Crippen molar-refractivity contribution < 1.29 is 22.0 Å². The molecule has 4 nitrogen and oxygen atoms in total. The molecule has 1 aliphatic rings. The van der Waals surface area contributed by atoms with E-state index in [1.807, 2.05) is 0 Å². The van der Waals surface area contributed by atoms with Crippen molar-refractivity contribution in [3.63, 3.8) is 0 Å². The lowest BCUT2D eigenvalue weighted by atomic mass is 9.89. The van der Waals surface area contributed by atoms with Gasteiger partial charge in [0.25, 0.3) is 5.91 Å². The van der Waals surface area contributed by atoms with Gasteiger partial charge in [-0.05, 0) is 73.2 Å². The van der Waals surface area contributed by atoms with E-state index >= 15 is 0 Å². The molecule has 0 aliphatic carbocycles. The van der Waals surface area contributed by atoms with E-state index in [0.29, 0.717) is 43.5 Å². The van der Waals surface area contributed by atoms with Gasteiger partial charge < -0.3 is 4.90 Å². The molecule has 0 radical (unpaired) electrons. The SMILES string of the molecule is CS(=O)(=O)c1ccc(C(=O)N2CCC(Cc3cc(F)ccc3F)CC2)cc1. The van der Waals surface area contributed by atoms with Gasteiger partial charge in [-0.2, -0.15) is 0 Å². The van der Waals surface area contributed by atoms with Crippen LogP contribution in [0, 0.1) is 17.6 Å². The van der Waals surface area contributed by atoms with Crippen LogP contribution < -0.4 is 0 Å². The lowest BCUT2D eigenvalue weighted by molar-refractivity contribution is 0.0690. The molecular formula is C20H21F2NO3S. The summed E-state index contributed by atoms with van der Waals surface area (Å²) in [6.45, 7) is 1.07. The second-order valence-corrected chi connectivity index (χ2v) is 8.99. The van der Waals surface area contributed by atoms with Gasteiger partial charge in [0.15, 0.2) is 9.84 Å². The summed E-state index contributed by atoms with van der Waals surface area (Å²) in [5.41, 5.74) is 0.813. The molecule has 144 valence electrons.